The molecular weight excluding hydrogens is 146 g/mol. The molecule has 3 unspecified atom stereocenters. The van der Waals surface area contributed by atoms with Crippen LogP contribution in [-0.2, 0) is 0 Å². The van der Waals surface area contributed by atoms with Gasteiger partial charge in [0.2, 0.25) is 0 Å². The van der Waals surface area contributed by atoms with Crippen molar-refractivity contribution in [2.24, 2.45) is 17.6 Å². The van der Waals surface area contributed by atoms with Crippen molar-refractivity contribution < 1.29 is 0 Å². The van der Waals surface area contributed by atoms with Gasteiger partial charge in [-0.15, -0.1) is 0 Å². The number of hydrogen-bond acceptors (Lipinski definition) is 1. The highest BCUT2D eigenvalue weighted by atomic mass is 14.7. The zero-order chi connectivity index (χ0) is 9.14. The molecule has 1 saturated carbocycles. The molecule has 0 aromatic carbocycles. The van der Waals surface area contributed by atoms with Crippen molar-refractivity contribution in [1.29, 1.82) is 0 Å². The van der Waals surface area contributed by atoms with Gasteiger partial charge in [0, 0.05) is 6.04 Å². The second kappa shape index (κ2) is 4.08. The summed E-state index contributed by atoms with van der Waals surface area (Å²) in [7, 11) is 0. The third-order valence-corrected chi connectivity index (χ3v) is 3.34. The number of hydrogen-bond donors (Lipinski definition) is 1. The van der Waals surface area contributed by atoms with Gasteiger partial charge in [0.25, 0.3) is 0 Å². The van der Waals surface area contributed by atoms with E-state index in [0.29, 0.717) is 12.0 Å². The Morgan fingerprint density at radius 3 is 2.58 bits per heavy atom. The molecule has 1 aliphatic rings. The molecule has 2 N–H and O–H groups in total. The molecule has 3 atom stereocenters. The molecule has 1 aliphatic carbocycles. The number of allylic oxidation sites excluding steroid dienone is 1. The zero-order valence-electron chi connectivity index (χ0n) is 8.34. The fourth-order valence-corrected chi connectivity index (χ4v) is 2.08. The molecule has 0 heterocycles. The first-order valence-electron chi connectivity index (χ1n) is 5.07. The Kier molecular flexibility index (Phi) is 3.33. The summed E-state index contributed by atoms with van der Waals surface area (Å²) >= 11 is 0. The highest BCUT2D eigenvalue weighted by Gasteiger charge is 2.29. The maximum Gasteiger partial charge on any atom is 0.00673 e. The Bertz CT molecular complexity index is 162. The van der Waals surface area contributed by atoms with Crippen molar-refractivity contribution >= 4 is 0 Å². The average Bonchev–Trinajstić information content (AvgIpc) is 2.36. The number of rotatable bonds is 3. The van der Waals surface area contributed by atoms with Gasteiger partial charge >= 0.3 is 0 Å². The van der Waals surface area contributed by atoms with E-state index in [1.54, 1.807) is 0 Å². The van der Waals surface area contributed by atoms with Crippen LogP contribution in [-0.4, -0.2) is 6.04 Å². The van der Waals surface area contributed by atoms with E-state index in [2.05, 4.69) is 20.4 Å². The van der Waals surface area contributed by atoms with Crippen molar-refractivity contribution in [2.45, 2.75) is 45.6 Å². The van der Waals surface area contributed by atoms with E-state index in [1.165, 1.54) is 24.8 Å². The standard InChI is InChI=1S/C11H21N/c1-4-8(2)7-10-5-6-11(12)9(10)3/h9-11H,2,4-7,12H2,1,3H3. The van der Waals surface area contributed by atoms with Crippen molar-refractivity contribution in [1.82, 2.24) is 0 Å². The smallest absolute Gasteiger partial charge is 0.00673 e. The molecule has 12 heavy (non-hydrogen) atoms. The van der Waals surface area contributed by atoms with Crippen LogP contribution in [0.15, 0.2) is 12.2 Å². The van der Waals surface area contributed by atoms with Crippen LogP contribution in [0.4, 0.5) is 0 Å². The van der Waals surface area contributed by atoms with Gasteiger partial charge in [-0.1, -0.05) is 26.0 Å². The first kappa shape index (κ1) is 9.79. The van der Waals surface area contributed by atoms with Gasteiger partial charge < -0.3 is 5.73 Å². The van der Waals surface area contributed by atoms with Gasteiger partial charge in [-0.3, -0.25) is 0 Å². The molecular formula is C11H21N. The van der Waals surface area contributed by atoms with Crippen molar-refractivity contribution in [3.05, 3.63) is 12.2 Å². The molecule has 0 aliphatic heterocycles. The van der Waals surface area contributed by atoms with Gasteiger partial charge in [0.15, 0.2) is 0 Å². The lowest BCUT2D eigenvalue weighted by molar-refractivity contribution is 0.387. The maximum absolute atomic E-state index is 5.96. The molecule has 0 bridgehead atoms. The summed E-state index contributed by atoms with van der Waals surface area (Å²) in [6.45, 7) is 8.52. The molecule has 1 rings (SSSR count). The molecule has 1 nitrogen and oxygen atoms in total. The van der Waals surface area contributed by atoms with Gasteiger partial charge in [0.1, 0.15) is 0 Å². The van der Waals surface area contributed by atoms with E-state index >= 15 is 0 Å². The molecule has 0 amide bonds. The molecule has 70 valence electrons. The molecule has 1 heteroatoms. The van der Waals surface area contributed by atoms with E-state index in [-0.39, 0.29) is 0 Å². The normalized spacial score (nSPS) is 35.4. The summed E-state index contributed by atoms with van der Waals surface area (Å²) in [5.74, 6) is 1.51. The second-order valence-corrected chi connectivity index (χ2v) is 4.17. The molecule has 0 radical (unpaired) electrons. The van der Waals surface area contributed by atoms with Crippen LogP contribution in [0, 0.1) is 11.8 Å². The van der Waals surface area contributed by atoms with Gasteiger partial charge in [-0.2, -0.15) is 0 Å². The Hall–Kier alpha value is -0.300. The average molecular weight is 167 g/mol. The van der Waals surface area contributed by atoms with Crippen LogP contribution in [0.3, 0.4) is 0 Å². The van der Waals surface area contributed by atoms with Crippen LogP contribution in [0.2, 0.25) is 0 Å². The van der Waals surface area contributed by atoms with Crippen LogP contribution >= 0.6 is 0 Å². The quantitative estimate of drug-likeness (QED) is 0.643. The van der Waals surface area contributed by atoms with Crippen LogP contribution < -0.4 is 5.73 Å². The lowest BCUT2D eigenvalue weighted by Gasteiger charge is -2.18. The number of nitrogens with two attached hydrogens (primary N) is 1. The lowest BCUT2D eigenvalue weighted by atomic mass is 9.89. The highest BCUT2D eigenvalue weighted by molar-refractivity contribution is 4.98. The summed E-state index contributed by atoms with van der Waals surface area (Å²) in [6, 6.07) is 0.444. The van der Waals surface area contributed by atoms with Gasteiger partial charge in [-0.25, -0.2) is 0 Å². The van der Waals surface area contributed by atoms with E-state index in [9.17, 15) is 0 Å². The molecule has 0 aromatic rings. The molecule has 0 aromatic heterocycles. The summed E-state index contributed by atoms with van der Waals surface area (Å²) in [6.07, 6.45) is 4.84. The second-order valence-electron chi connectivity index (χ2n) is 4.17. The Balaban J connectivity index is 2.38. The summed E-state index contributed by atoms with van der Waals surface area (Å²) in [5.41, 5.74) is 7.35. The van der Waals surface area contributed by atoms with Crippen molar-refractivity contribution in [3.63, 3.8) is 0 Å². The molecule has 0 saturated heterocycles. The third-order valence-electron chi connectivity index (χ3n) is 3.34. The Labute approximate surface area is 76.0 Å². The Morgan fingerprint density at radius 2 is 2.17 bits per heavy atom. The zero-order valence-corrected chi connectivity index (χ0v) is 8.34. The minimum absolute atomic E-state index is 0.444. The summed E-state index contributed by atoms with van der Waals surface area (Å²) < 4.78 is 0. The minimum atomic E-state index is 0.444. The van der Waals surface area contributed by atoms with E-state index in [0.717, 1.165) is 12.3 Å². The molecule has 1 fully saturated rings. The van der Waals surface area contributed by atoms with Crippen LogP contribution in [0.1, 0.15) is 39.5 Å². The summed E-state index contributed by atoms with van der Waals surface area (Å²) in [4.78, 5) is 0. The SMILES string of the molecule is C=C(CC)CC1CCC(N)C1C. The first-order valence-corrected chi connectivity index (χ1v) is 5.07. The lowest BCUT2D eigenvalue weighted by Crippen LogP contribution is -2.25. The summed E-state index contributed by atoms with van der Waals surface area (Å²) in [5, 5.41) is 0. The van der Waals surface area contributed by atoms with Crippen LogP contribution in [0.25, 0.3) is 0 Å². The van der Waals surface area contributed by atoms with Crippen molar-refractivity contribution in [3.8, 4) is 0 Å². The van der Waals surface area contributed by atoms with Crippen molar-refractivity contribution in [2.75, 3.05) is 0 Å². The van der Waals surface area contributed by atoms with E-state index in [1.807, 2.05) is 0 Å². The van der Waals surface area contributed by atoms with Gasteiger partial charge in [0.05, 0.1) is 0 Å². The minimum Gasteiger partial charge on any atom is -0.327 e. The fraction of sp³-hybridized carbons (Fsp3) is 0.818. The topological polar surface area (TPSA) is 26.0 Å². The molecule has 0 spiro atoms. The van der Waals surface area contributed by atoms with Crippen LogP contribution in [0.5, 0.6) is 0 Å². The highest BCUT2D eigenvalue weighted by Crippen LogP contribution is 2.34. The first-order chi connectivity index (χ1) is 5.65. The maximum atomic E-state index is 5.96. The monoisotopic (exact) mass is 167 g/mol. The largest absolute Gasteiger partial charge is 0.327 e. The van der Waals surface area contributed by atoms with Gasteiger partial charge in [-0.05, 0) is 37.5 Å². The predicted octanol–water partition coefficient (Wildman–Crippen LogP) is 2.72. The fourth-order valence-electron chi connectivity index (χ4n) is 2.08. The predicted molar refractivity (Wildman–Crippen MR) is 53.9 cm³/mol. The van der Waals surface area contributed by atoms with E-state index in [4.69, 9.17) is 5.73 Å². The Morgan fingerprint density at radius 1 is 1.50 bits per heavy atom. The third kappa shape index (κ3) is 2.10. The van der Waals surface area contributed by atoms with E-state index < -0.39 is 0 Å².